The Labute approximate surface area is 102 Å². The Morgan fingerprint density at radius 3 is 2.59 bits per heavy atom. The molecule has 17 heavy (non-hydrogen) atoms. The van der Waals surface area contributed by atoms with Gasteiger partial charge in [0.1, 0.15) is 0 Å². The molecule has 0 spiro atoms. The van der Waals surface area contributed by atoms with Crippen LogP contribution in [0.3, 0.4) is 0 Å². The number of nitrogens with one attached hydrogen (secondary N) is 1. The Kier molecular flexibility index (Phi) is 4.80. The number of carbonyl (C=O) groups excluding carboxylic acids is 1. The number of hydrogen-bond acceptors (Lipinski definition) is 4. The molecule has 0 bridgehead atoms. The quantitative estimate of drug-likeness (QED) is 0.579. The van der Waals surface area contributed by atoms with Crippen molar-refractivity contribution in [3.05, 3.63) is 0 Å². The molecule has 5 heteroatoms. The summed E-state index contributed by atoms with van der Waals surface area (Å²) < 4.78 is 5.25. The summed E-state index contributed by atoms with van der Waals surface area (Å²) in [5.41, 5.74) is 0. The van der Waals surface area contributed by atoms with E-state index in [9.17, 15) is 4.79 Å². The molecular formula is C12H19N3O2. The number of ether oxygens (including phenoxy) is 1. The number of hydrogen-bond donors (Lipinski definition) is 1. The van der Waals surface area contributed by atoms with E-state index in [1.54, 1.807) is 0 Å². The lowest BCUT2D eigenvalue weighted by Gasteiger charge is -2.25. The summed E-state index contributed by atoms with van der Waals surface area (Å²) in [5, 5.41) is 3.21. The molecule has 1 N–H and O–H groups in total. The van der Waals surface area contributed by atoms with E-state index in [1.807, 2.05) is 4.90 Å². The van der Waals surface area contributed by atoms with Gasteiger partial charge in [-0.25, -0.2) is 0 Å². The molecule has 0 aromatic rings. The fourth-order valence-corrected chi connectivity index (χ4v) is 1.93. The first-order chi connectivity index (χ1) is 8.36. The summed E-state index contributed by atoms with van der Waals surface area (Å²) in [4.78, 5) is 15.7. The smallest absolute Gasteiger partial charge is 0.298 e. The van der Waals surface area contributed by atoms with Crippen molar-refractivity contribution in [1.82, 2.24) is 15.1 Å². The monoisotopic (exact) mass is 237 g/mol. The lowest BCUT2D eigenvalue weighted by molar-refractivity contribution is -0.125. The molecular weight excluding hydrogens is 218 g/mol. The maximum Gasteiger partial charge on any atom is 0.298 e. The van der Waals surface area contributed by atoms with Crippen LogP contribution >= 0.6 is 0 Å². The maximum atomic E-state index is 11.7. The maximum absolute atomic E-state index is 11.7. The van der Waals surface area contributed by atoms with Gasteiger partial charge in [-0.1, -0.05) is 5.92 Å². The molecule has 0 saturated carbocycles. The zero-order valence-electron chi connectivity index (χ0n) is 10.1. The lowest BCUT2D eigenvalue weighted by Crippen LogP contribution is -2.46. The molecule has 0 aromatic heterocycles. The Morgan fingerprint density at radius 1 is 1.18 bits per heavy atom. The molecule has 2 rings (SSSR count). The van der Waals surface area contributed by atoms with Gasteiger partial charge in [0.15, 0.2) is 0 Å². The fraction of sp³-hybridized carbons (Fsp3) is 0.750. The molecule has 2 aliphatic rings. The minimum atomic E-state index is -0.0419. The number of morpholine rings is 1. The second-order valence-corrected chi connectivity index (χ2v) is 4.23. The van der Waals surface area contributed by atoms with Gasteiger partial charge in [-0.15, -0.1) is 0 Å². The van der Waals surface area contributed by atoms with Gasteiger partial charge >= 0.3 is 0 Å². The predicted octanol–water partition coefficient (Wildman–Crippen LogP) is -1.25. The van der Waals surface area contributed by atoms with E-state index < -0.39 is 0 Å². The highest BCUT2D eigenvalue weighted by Crippen LogP contribution is 1.95. The van der Waals surface area contributed by atoms with Gasteiger partial charge in [0.25, 0.3) is 5.91 Å². The molecule has 0 radical (unpaired) electrons. The van der Waals surface area contributed by atoms with E-state index in [4.69, 9.17) is 4.74 Å². The summed E-state index contributed by atoms with van der Waals surface area (Å²) in [6.45, 7) is 7.32. The second-order valence-electron chi connectivity index (χ2n) is 4.23. The normalized spacial score (nSPS) is 21.8. The first kappa shape index (κ1) is 12.4. The standard InChI is InChI=1S/C12H19N3O2/c16-12(15-6-3-13-4-7-15)2-1-5-14-8-10-17-11-9-14/h13H,3-11H2. The zero-order chi connectivity index (χ0) is 11.9. The van der Waals surface area contributed by atoms with Crippen molar-refractivity contribution in [2.75, 3.05) is 59.0 Å². The van der Waals surface area contributed by atoms with Crippen LogP contribution in [-0.2, 0) is 9.53 Å². The van der Waals surface area contributed by atoms with Crippen LogP contribution in [0.15, 0.2) is 0 Å². The van der Waals surface area contributed by atoms with Crippen LogP contribution in [0.25, 0.3) is 0 Å². The van der Waals surface area contributed by atoms with E-state index in [1.165, 1.54) is 0 Å². The molecule has 5 nitrogen and oxygen atoms in total. The van der Waals surface area contributed by atoms with Crippen LogP contribution in [0.4, 0.5) is 0 Å². The average Bonchev–Trinajstić information content (AvgIpc) is 2.41. The van der Waals surface area contributed by atoms with Crippen LogP contribution in [-0.4, -0.2) is 74.7 Å². The van der Waals surface area contributed by atoms with Crippen molar-refractivity contribution >= 4 is 5.91 Å². The van der Waals surface area contributed by atoms with Crippen LogP contribution in [0.2, 0.25) is 0 Å². The van der Waals surface area contributed by atoms with Crippen molar-refractivity contribution in [3.8, 4) is 11.8 Å². The Morgan fingerprint density at radius 2 is 1.88 bits per heavy atom. The fourth-order valence-electron chi connectivity index (χ4n) is 1.93. The number of nitrogens with zero attached hydrogens (tertiary/aromatic N) is 2. The highest BCUT2D eigenvalue weighted by Gasteiger charge is 2.13. The molecule has 0 atom stereocenters. The van der Waals surface area contributed by atoms with Gasteiger partial charge < -0.3 is 15.0 Å². The lowest BCUT2D eigenvalue weighted by atomic mass is 10.3. The van der Waals surface area contributed by atoms with Gasteiger partial charge in [-0.05, 0) is 5.92 Å². The summed E-state index contributed by atoms with van der Waals surface area (Å²) in [6.07, 6.45) is 0. The van der Waals surface area contributed by atoms with Crippen LogP contribution < -0.4 is 5.32 Å². The van der Waals surface area contributed by atoms with E-state index in [0.29, 0.717) is 6.54 Å². The summed E-state index contributed by atoms with van der Waals surface area (Å²) >= 11 is 0. The third-order valence-electron chi connectivity index (χ3n) is 3.01. The van der Waals surface area contributed by atoms with Crippen molar-refractivity contribution in [1.29, 1.82) is 0 Å². The molecule has 2 saturated heterocycles. The van der Waals surface area contributed by atoms with E-state index in [0.717, 1.165) is 52.5 Å². The molecule has 0 aromatic carbocycles. The molecule has 2 heterocycles. The van der Waals surface area contributed by atoms with E-state index in [2.05, 4.69) is 22.1 Å². The summed E-state index contributed by atoms with van der Waals surface area (Å²) in [5.74, 6) is 5.65. The molecule has 94 valence electrons. The molecule has 1 amide bonds. The van der Waals surface area contributed by atoms with Gasteiger partial charge in [0.05, 0.1) is 19.8 Å². The summed E-state index contributed by atoms with van der Waals surface area (Å²) in [6, 6.07) is 0. The molecule has 0 unspecified atom stereocenters. The van der Waals surface area contributed by atoms with Crippen LogP contribution in [0, 0.1) is 11.8 Å². The highest BCUT2D eigenvalue weighted by molar-refractivity contribution is 5.93. The first-order valence-electron chi connectivity index (χ1n) is 6.15. The topological polar surface area (TPSA) is 44.8 Å². The van der Waals surface area contributed by atoms with E-state index in [-0.39, 0.29) is 5.91 Å². The van der Waals surface area contributed by atoms with Gasteiger partial charge in [0, 0.05) is 39.3 Å². The van der Waals surface area contributed by atoms with Gasteiger partial charge in [-0.3, -0.25) is 9.69 Å². The Hall–Kier alpha value is -1.09. The third kappa shape index (κ3) is 4.00. The van der Waals surface area contributed by atoms with Gasteiger partial charge in [-0.2, -0.15) is 0 Å². The number of piperazine rings is 1. The molecule has 2 fully saturated rings. The number of rotatable bonds is 1. The predicted molar refractivity (Wildman–Crippen MR) is 64.5 cm³/mol. The second kappa shape index (κ2) is 6.60. The zero-order valence-corrected chi connectivity index (χ0v) is 10.1. The van der Waals surface area contributed by atoms with Crippen molar-refractivity contribution in [2.45, 2.75) is 0 Å². The third-order valence-corrected chi connectivity index (χ3v) is 3.01. The first-order valence-corrected chi connectivity index (χ1v) is 6.15. The highest BCUT2D eigenvalue weighted by atomic mass is 16.5. The van der Waals surface area contributed by atoms with Crippen molar-refractivity contribution < 1.29 is 9.53 Å². The van der Waals surface area contributed by atoms with Crippen molar-refractivity contribution in [3.63, 3.8) is 0 Å². The minimum absolute atomic E-state index is 0.0419. The number of carbonyl (C=O) groups is 1. The Bertz CT molecular complexity index is 309. The van der Waals surface area contributed by atoms with Gasteiger partial charge in [0.2, 0.25) is 0 Å². The summed E-state index contributed by atoms with van der Waals surface area (Å²) in [7, 11) is 0. The average molecular weight is 237 g/mol. The number of amides is 1. The Balaban J connectivity index is 1.73. The minimum Gasteiger partial charge on any atom is -0.379 e. The largest absolute Gasteiger partial charge is 0.379 e. The van der Waals surface area contributed by atoms with Crippen LogP contribution in [0.5, 0.6) is 0 Å². The molecule has 0 aliphatic carbocycles. The van der Waals surface area contributed by atoms with E-state index >= 15 is 0 Å². The van der Waals surface area contributed by atoms with Crippen LogP contribution in [0.1, 0.15) is 0 Å². The molecule has 2 aliphatic heterocycles. The van der Waals surface area contributed by atoms with Crippen molar-refractivity contribution in [2.24, 2.45) is 0 Å². The SMILES string of the molecule is O=C(C#CCN1CCOCC1)N1CCNCC1.